The van der Waals surface area contributed by atoms with Gasteiger partial charge in [-0.2, -0.15) is 0 Å². The molecule has 0 unspecified atom stereocenters. The summed E-state index contributed by atoms with van der Waals surface area (Å²) >= 11 is 0. The van der Waals surface area contributed by atoms with E-state index in [2.05, 4.69) is 33.7 Å². The number of nitrogens with zero attached hydrogens (tertiary/aromatic N) is 4. The molecule has 0 aliphatic carbocycles. The Kier molecular flexibility index (Phi) is 5.51. The minimum atomic E-state index is 0.583. The molecule has 0 bridgehead atoms. The average Bonchev–Trinajstić information content (AvgIpc) is 3.15. The van der Waals surface area contributed by atoms with Crippen LogP contribution in [-0.4, -0.2) is 32.5 Å². The van der Waals surface area contributed by atoms with Gasteiger partial charge in [0.05, 0.1) is 24.0 Å². The predicted molar refractivity (Wildman–Crippen MR) is 89.9 cm³/mol. The van der Waals surface area contributed by atoms with E-state index in [1.54, 1.807) is 0 Å². The molecule has 4 heteroatoms. The monoisotopic (exact) mass is 304 g/mol. The maximum absolute atomic E-state index is 4.54. The Morgan fingerprint density at radius 3 is 2.77 bits per heavy atom. The van der Waals surface area contributed by atoms with Crippen molar-refractivity contribution in [1.29, 1.82) is 0 Å². The van der Waals surface area contributed by atoms with Crippen LogP contribution in [0.3, 0.4) is 0 Å². The zero-order chi connectivity index (χ0) is 15.4. The first-order chi connectivity index (χ1) is 10.8. The second kappa shape index (κ2) is 7.58. The minimum Gasteiger partial charge on any atom is -0.290 e. The van der Waals surface area contributed by atoms with Crippen LogP contribution in [0.4, 0.5) is 0 Å². The number of hydrogen-bond acceptors (Lipinski definition) is 3. The van der Waals surface area contributed by atoms with Crippen LogP contribution in [0.5, 0.6) is 0 Å². The summed E-state index contributed by atoms with van der Waals surface area (Å²) in [5.74, 6) is 0. The van der Waals surface area contributed by atoms with Gasteiger partial charge in [-0.25, -0.2) is 4.68 Å². The van der Waals surface area contributed by atoms with Crippen molar-refractivity contribution in [2.45, 2.75) is 96.7 Å². The van der Waals surface area contributed by atoms with Crippen LogP contribution in [0.2, 0.25) is 0 Å². The van der Waals surface area contributed by atoms with E-state index in [9.17, 15) is 0 Å². The quantitative estimate of drug-likeness (QED) is 0.678. The summed E-state index contributed by atoms with van der Waals surface area (Å²) in [5, 5.41) is 9.05. The molecule has 124 valence electrons. The number of fused-ring (bicyclic) bond motifs is 2. The first-order valence-corrected chi connectivity index (χ1v) is 9.53. The van der Waals surface area contributed by atoms with Crippen LogP contribution in [0, 0.1) is 0 Å². The second-order valence-corrected chi connectivity index (χ2v) is 7.11. The zero-order valence-electron chi connectivity index (χ0n) is 14.4. The molecule has 4 nitrogen and oxygen atoms in total. The largest absolute Gasteiger partial charge is 0.290 e. The maximum Gasteiger partial charge on any atom is 0.0875 e. The van der Waals surface area contributed by atoms with Gasteiger partial charge in [-0.1, -0.05) is 51.2 Å². The van der Waals surface area contributed by atoms with Crippen molar-refractivity contribution >= 4 is 0 Å². The Labute approximate surface area is 135 Å². The molecule has 22 heavy (non-hydrogen) atoms. The highest BCUT2D eigenvalue weighted by atomic mass is 15.5. The minimum absolute atomic E-state index is 0.583. The molecular weight excluding hydrogens is 272 g/mol. The second-order valence-electron chi connectivity index (χ2n) is 7.11. The highest BCUT2D eigenvalue weighted by Gasteiger charge is 2.39. The van der Waals surface area contributed by atoms with Crippen LogP contribution in [-0.2, 0) is 13.0 Å². The Hall–Kier alpha value is -0.900. The van der Waals surface area contributed by atoms with Crippen molar-refractivity contribution in [3.05, 3.63) is 11.4 Å². The lowest BCUT2D eigenvalue weighted by Gasteiger charge is -2.38. The fraction of sp³-hybridized carbons (Fsp3) is 0.889. The smallest absolute Gasteiger partial charge is 0.0875 e. The summed E-state index contributed by atoms with van der Waals surface area (Å²) in [7, 11) is 0. The number of aromatic nitrogens is 3. The van der Waals surface area contributed by atoms with E-state index in [-0.39, 0.29) is 0 Å². The molecule has 1 fully saturated rings. The summed E-state index contributed by atoms with van der Waals surface area (Å²) in [6, 6.07) is 1.30. The molecule has 0 aromatic carbocycles. The summed E-state index contributed by atoms with van der Waals surface area (Å²) in [6.07, 6.45) is 13.0. The van der Waals surface area contributed by atoms with Gasteiger partial charge in [0.1, 0.15) is 0 Å². The fourth-order valence-electron chi connectivity index (χ4n) is 4.27. The normalized spacial score (nSPS) is 24.5. The molecule has 1 aromatic rings. The summed E-state index contributed by atoms with van der Waals surface area (Å²) in [4.78, 5) is 2.78. The summed E-state index contributed by atoms with van der Waals surface area (Å²) in [6.45, 7) is 6.90. The molecule has 3 heterocycles. The lowest BCUT2D eigenvalue weighted by molar-refractivity contribution is 0.113. The molecule has 1 saturated heterocycles. The molecule has 0 spiro atoms. The SMILES string of the molecule is CCCCCC[C@H]1c2c(CCCC)nnn2C[C@@H]2CCCN21. The van der Waals surface area contributed by atoms with Crippen molar-refractivity contribution in [3.8, 4) is 0 Å². The van der Waals surface area contributed by atoms with Crippen molar-refractivity contribution < 1.29 is 0 Å². The van der Waals surface area contributed by atoms with E-state index < -0.39 is 0 Å². The predicted octanol–water partition coefficient (Wildman–Crippen LogP) is 4.11. The highest BCUT2D eigenvalue weighted by molar-refractivity contribution is 5.19. The van der Waals surface area contributed by atoms with Crippen LogP contribution < -0.4 is 0 Å². The topological polar surface area (TPSA) is 34.0 Å². The molecule has 2 aliphatic heterocycles. The number of unbranched alkanes of at least 4 members (excludes halogenated alkanes) is 4. The number of rotatable bonds is 8. The van der Waals surface area contributed by atoms with Gasteiger partial charge in [0.25, 0.3) is 0 Å². The van der Waals surface area contributed by atoms with Crippen molar-refractivity contribution in [2.75, 3.05) is 6.54 Å². The van der Waals surface area contributed by atoms with Gasteiger partial charge in [0.2, 0.25) is 0 Å². The number of hydrogen-bond donors (Lipinski definition) is 0. The fourth-order valence-corrected chi connectivity index (χ4v) is 4.27. The molecule has 0 amide bonds. The molecule has 2 atom stereocenters. The molecule has 3 rings (SSSR count). The Balaban J connectivity index is 1.77. The lowest BCUT2D eigenvalue weighted by atomic mass is 9.96. The van der Waals surface area contributed by atoms with Crippen LogP contribution in [0.25, 0.3) is 0 Å². The van der Waals surface area contributed by atoms with Gasteiger partial charge in [-0.3, -0.25) is 4.90 Å². The van der Waals surface area contributed by atoms with Crippen LogP contribution >= 0.6 is 0 Å². The maximum atomic E-state index is 4.54. The Morgan fingerprint density at radius 1 is 1.09 bits per heavy atom. The molecule has 2 aliphatic rings. The van der Waals surface area contributed by atoms with Gasteiger partial charge in [0.15, 0.2) is 0 Å². The van der Waals surface area contributed by atoms with Crippen molar-refractivity contribution in [1.82, 2.24) is 19.9 Å². The van der Waals surface area contributed by atoms with E-state index in [0.29, 0.717) is 12.1 Å². The highest BCUT2D eigenvalue weighted by Crippen LogP contribution is 2.38. The third-order valence-electron chi connectivity index (χ3n) is 5.47. The summed E-state index contributed by atoms with van der Waals surface area (Å²) in [5.41, 5.74) is 2.75. The van der Waals surface area contributed by atoms with E-state index in [0.717, 1.165) is 13.0 Å². The number of aryl methyl sites for hydroxylation is 1. The van der Waals surface area contributed by atoms with Crippen LogP contribution in [0.1, 0.15) is 89.1 Å². The Morgan fingerprint density at radius 2 is 1.95 bits per heavy atom. The Bertz CT molecular complexity index is 468. The molecular formula is C18H32N4. The van der Waals surface area contributed by atoms with E-state index >= 15 is 0 Å². The van der Waals surface area contributed by atoms with Gasteiger partial charge in [-0.05, 0) is 38.6 Å². The van der Waals surface area contributed by atoms with Crippen molar-refractivity contribution in [3.63, 3.8) is 0 Å². The third-order valence-corrected chi connectivity index (χ3v) is 5.47. The summed E-state index contributed by atoms with van der Waals surface area (Å²) < 4.78 is 2.25. The third kappa shape index (κ3) is 3.22. The van der Waals surface area contributed by atoms with Gasteiger partial charge in [-0.15, -0.1) is 5.10 Å². The van der Waals surface area contributed by atoms with Crippen LogP contribution in [0.15, 0.2) is 0 Å². The van der Waals surface area contributed by atoms with Gasteiger partial charge >= 0.3 is 0 Å². The first-order valence-electron chi connectivity index (χ1n) is 9.53. The van der Waals surface area contributed by atoms with E-state index in [1.165, 1.54) is 75.7 Å². The zero-order valence-corrected chi connectivity index (χ0v) is 14.4. The van der Waals surface area contributed by atoms with Gasteiger partial charge < -0.3 is 0 Å². The standard InChI is InChI=1S/C18H32N4/c1-3-5-7-8-12-17-18-16(11-6-4-2)19-20-22(18)14-15-10-9-13-21(15)17/h15,17H,3-14H2,1-2H3/t15-,17-/m0/s1. The average molecular weight is 304 g/mol. The lowest BCUT2D eigenvalue weighted by Crippen LogP contribution is -2.42. The first kappa shape index (κ1) is 16.0. The molecule has 0 N–H and O–H groups in total. The van der Waals surface area contributed by atoms with Gasteiger partial charge in [0, 0.05) is 6.04 Å². The molecule has 0 saturated carbocycles. The molecule has 1 aromatic heterocycles. The van der Waals surface area contributed by atoms with E-state index in [1.807, 2.05) is 0 Å². The molecule has 0 radical (unpaired) electrons. The van der Waals surface area contributed by atoms with E-state index in [4.69, 9.17) is 0 Å². The van der Waals surface area contributed by atoms with Crippen molar-refractivity contribution in [2.24, 2.45) is 0 Å².